The Bertz CT molecular complexity index is 979. The first-order valence-electron chi connectivity index (χ1n) is 8.40. The third-order valence-corrected chi connectivity index (χ3v) is 5.56. The van der Waals surface area contributed by atoms with E-state index >= 15 is 0 Å². The van der Waals surface area contributed by atoms with Crippen molar-refractivity contribution in [2.75, 3.05) is 18.8 Å². The highest BCUT2D eigenvalue weighted by Gasteiger charge is 2.24. The molecule has 1 aliphatic heterocycles. The molecule has 2 aromatic heterocycles. The monoisotopic (exact) mass is 415 g/mol. The van der Waals surface area contributed by atoms with Crippen molar-refractivity contribution in [2.45, 2.75) is 18.8 Å². The van der Waals surface area contributed by atoms with Crippen LogP contribution in [-0.2, 0) is 0 Å². The van der Waals surface area contributed by atoms with Gasteiger partial charge >= 0.3 is 6.09 Å². The number of nitrogens with two attached hydrogens (primary N) is 1. The lowest BCUT2D eigenvalue weighted by molar-refractivity contribution is 0.132. The van der Waals surface area contributed by atoms with Gasteiger partial charge in [0, 0.05) is 23.1 Å². The van der Waals surface area contributed by atoms with Crippen molar-refractivity contribution in [3.05, 3.63) is 46.7 Å². The Morgan fingerprint density at radius 1 is 1.27 bits per heavy atom. The average Bonchev–Trinajstić information content (AvgIpc) is 3.00. The molecule has 0 radical (unpaired) electrons. The fourth-order valence-electron chi connectivity index (χ4n) is 3.58. The summed E-state index contributed by atoms with van der Waals surface area (Å²) in [6.07, 6.45) is 2.29. The SMILES string of the molecule is Nc1ncnn2c(-c3cccc(C4CCN(C(=O)O)CC4)c3)cc(Br)c12. The third kappa shape index (κ3) is 2.90. The van der Waals surface area contributed by atoms with Gasteiger partial charge in [0.1, 0.15) is 11.8 Å². The number of halogens is 1. The highest BCUT2D eigenvalue weighted by atomic mass is 79.9. The van der Waals surface area contributed by atoms with E-state index in [1.807, 2.05) is 18.2 Å². The normalized spacial score (nSPS) is 15.5. The number of rotatable bonds is 2. The molecular weight excluding hydrogens is 398 g/mol. The molecule has 3 heterocycles. The van der Waals surface area contributed by atoms with E-state index < -0.39 is 6.09 Å². The van der Waals surface area contributed by atoms with E-state index in [9.17, 15) is 4.79 Å². The molecule has 3 aromatic rings. The molecule has 0 spiro atoms. The quantitative estimate of drug-likeness (QED) is 0.666. The second-order valence-electron chi connectivity index (χ2n) is 6.45. The van der Waals surface area contributed by atoms with Crippen molar-refractivity contribution < 1.29 is 9.90 Å². The van der Waals surface area contributed by atoms with Crippen LogP contribution in [0.3, 0.4) is 0 Å². The minimum Gasteiger partial charge on any atom is -0.465 e. The maximum atomic E-state index is 11.1. The summed E-state index contributed by atoms with van der Waals surface area (Å²) in [7, 11) is 0. The summed E-state index contributed by atoms with van der Waals surface area (Å²) >= 11 is 3.54. The van der Waals surface area contributed by atoms with Gasteiger partial charge in [-0.1, -0.05) is 18.2 Å². The number of nitrogens with zero attached hydrogens (tertiary/aromatic N) is 4. The molecule has 134 valence electrons. The van der Waals surface area contributed by atoms with Crippen LogP contribution in [0.1, 0.15) is 24.3 Å². The van der Waals surface area contributed by atoms with Crippen LogP contribution in [0, 0.1) is 0 Å². The fraction of sp³-hybridized carbons (Fsp3) is 0.278. The first-order valence-corrected chi connectivity index (χ1v) is 9.20. The summed E-state index contributed by atoms with van der Waals surface area (Å²) in [5.74, 6) is 0.787. The lowest BCUT2D eigenvalue weighted by Crippen LogP contribution is -2.36. The fourth-order valence-corrected chi connectivity index (χ4v) is 4.17. The predicted molar refractivity (Wildman–Crippen MR) is 102 cm³/mol. The zero-order valence-electron chi connectivity index (χ0n) is 14.0. The number of likely N-dealkylation sites (tertiary alicyclic amines) is 1. The Morgan fingerprint density at radius 3 is 2.77 bits per heavy atom. The van der Waals surface area contributed by atoms with Gasteiger partial charge in [0.15, 0.2) is 5.82 Å². The van der Waals surface area contributed by atoms with E-state index in [1.54, 1.807) is 4.52 Å². The van der Waals surface area contributed by atoms with Crippen molar-refractivity contribution in [1.82, 2.24) is 19.5 Å². The smallest absolute Gasteiger partial charge is 0.407 e. The number of anilines is 1. The van der Waals surface area contributed by atoms with Crippen molar-refractivity contribution in [3.8, 4) is 11.3 Å². The second-order valence-corrected chi connectivity index (χ2v) is 7.31. The van der Waals surface area contributed by atoms with Gasteiger partial charge in [0.05, 0.1) is 5.69 Å². The van der Waals surface area contributed by atoms with Crippen LogP contribution >= 0.6 is 15.9 Å². The number of carbonyl (C=O) groups is 1. The maximum Gasteiger partial charge on any atom is 0.407 e. The largest absolute Gasteiger partial charge is 0.465 e. The molecule has 7 nitrogen and oxygen atoms in total. The molecule has 0 atom stereocenters. The molecule has 1 aromatic carbocycles. The molecule has 1 aliphatic rings. The van der Waals surface area contributed by atoms with Crippen LogP contribution in [-0.4, -0.2) is 43.8 Å². The predicted octanol–water partition coefficient (Wildman–Crippen LogP) is 3.60. The van der Waals surface area contributed by atoms with E-state index in [4.69, 9.17) is 10.8 Å². The van der Waals surface area contributed by atoms with Crippen molar-refractivity contribution in [2.24, 2.45) is 0 Å². The van der Waals surface area contributed by atoms with Gasteiger partial charge < -0.3 is 15.7 Å². The Morgan fingerprint density at radius 2 is 2.04 bits per heavy atom. The van der Waals surface area contributed by atoms with E-state index in [1.165, 1.54) is 16.8 Å². The molecule has 0 bridgehead atoms. The number of benzene rings is 1. The Kier molecular flexibility index (Phi) is 4.28. The van der Waals surface area contributed by atoms with E-state index in [2.05, 4.69) is 38.1 Å². The standard InChI is InChI=1S/C18H18BrN5O2/c19-14-9-15(24-16(14)17(20)21-10-22-24)13-3-1-2-12(8-13)11-4-6-23(7-5-11)18(25)26/h1-3,8-11H,4-7H2,(H,25,26)(H2,20,21,22). The van der Waals surface area contributed by atoms with Crippen molar-refractivity contribution >= 4 is 33.4 Å². The Hall–Kier alpha value is -2.61. The van der Waals surface area contributed by atoms with Gasteiger partial charge in [-0.2, -0.15) is 5.10 Å². The molecule has 0 saturated carbocycles. The van der Waals surface area contributed by atoms with Crippen molar-refractivity contribution in [3.63, 3.8) is 0 Å². The molecule has 1 saturated heterocycles. The van der Waals surface area contributed by atoms with Crippen LogP contribution in [0.4, 0.5) is 10.6 Å². The number of amides is 1. The van der Waals surface area contributed by atoms with Gasteiger partial charge in [-0.3, -0.25) is 0 Å². The summed E-state index contributed by atoms with van der Waals surface area (Å²) in [5, 5.41) is 13.4. The minimum absolute atomic E-state index is 0.361. The number of carboxylic acid groups (broad SMARTS) is 1. The molecular formula is C18H18BrN5O2. The van der Waals surface area contributed by atoms with Gasteiger partial charge in [-0.05, 0) is 52.4 Å². The van der Waals surface area contributed by atoms with Crippen LogP contribution < -0.4 is 5.73 Å². The second kappa shape index (κ2) is 6.60. The van der Waals surface area contributed by atoms with Crippen molar-refractivity contribution in [1.29, 1.82) is 0 Å². The lowest BCUT2D eigenvalue weighted by Gasteiger charge is -2.30. The number of fused-ring (bicyclic) bond motifs is 1. The Labute approximate surface area is 158 Å². The van der Waals surface area contributed by atoms with E-state index in [0.717, 1.165) is 34.1 Å². The Balaban J connectivity index is 1.67. The van der Waals surface area contributed by atoms with Crippen LogP contribution in [0.2, 0.25) is 0 Å². The topological polar surface area (TPSA) is 96.8 Å². The average molecular weight is 416 g/mol. The third-order valence-electron chi connectivity index (χ3n) is 4.96. The molecule has 1 fully saturated rings. The summed E-state index contributed by atoms with van der Waals surface area (Å²) in [6, 6.07) is 10.3. The number of aromatic nitrogens is 3. The maximum absolute atomic E-state index is 11.1. The van der Waals surface area contributed by atoms with E-state index in [-0.39, 0.29) is 0 Å². The van der Waals surface area contributed by atoms with Gasteiger partial charge in [-0.15, -0.1) is 0 Å². The molecule has 0 unspecified atom stereocenters. The first kappa shape index (κ1) is 16.8. The van der Waals surface area contributed by atoms with Gasteiger partial charge in [0.2, 0.25) is 0 Å². The van der Waals surface area contributed by atoms with Crippen LogP contribution in [0.15, 0.2) is 41.1 Å². The summed E-state index contributed by atoms with van der Waals surface area (Å²) in [4.78, 5) is 16.6. The highest BCUT2D eigenvalue weighted by molar-refractivity contribution is 9.10. The van der Waals surface area contributed by atoms with Gasteiger partial charge in [-0.25, -0.2) is 14.3 Å². The summed E-state index contributed by atoms with van der Waals surface area (Å²) < 4.78 is 2.64. The van der Waals surface area contributed by atoms with Crippen LogP contribution in [0.25, 0.3) is 16.8 Å². The number of hydrogen-bond acceptors (Lipinski definition) is 4. The number of piperidine rings is 1. The molecule has 26 heavy (non-hydrogen) atoms. The first-order chi connectivity index (χ1) is 12.5. The zero-order valence-corrected chi connectivity index (χ0v) is 15.6. The molecule has 1 amide bonds. The molecule has 8 heteroatoms. The summed E-state index contributed by atoms with van der Waals surface area (Å²) in [5.41, 5.74) is 9.93. The molecule has 3 N–H and O–H groups in total. The highest BCUT2D eigenvalue weighted by Crippen LogP contribution is 2.34. The zero-order chi connectivity index (χ0) is 18.3. The number of hydrogen-bond donors (Lipinski definition) is 2. The van der Waals surface area contributed by atoms with Crippen LogP contribution in [0.5, 0.6) is 0 Å². The molecule has 4 rings (SSSR count). The molecule has 0 aliphatic carbocycles. The lowest BCUT2D eigenvalue weighted by atomic mass is 9.88. The van der Waals surface area contributed by atoms with E-state index in [0.29, 0.717) is 24.8 Å². The number of nitrogen functional groups attached to an aromatic ring is 1. The van der Waals surface area contributed by atoms with Gasteiger partial charge in [0.25, 0.3) is 0 Å². The minimum atomic E-state index is -0.834. The summed E-state index contributed by atoms with van der Waals surface area (Å²) in [6.45, 7) is 1.15.